The number of fused-ring (bicyclic) bond motifs is 1. The fraction of sp³-hybridized carbons (Fsp3) is 0.333. The maximum atomic E-state index is 11.9. The smallest absolute Gasteiger partial charge is 0.303 e. The van der Waals surface area contributed by atoms with Gasteiger partial charge in [0.25, 0.3) is 0 Å². The molecule has 2 unspecified atom stereocenters. The van der Waals surface area contributed by atoms with Crippen LogP contribution in [-0.4, -0.2) is 51.7 Å². The van der Waals surface area contributed by atoms with Gasteiger partial charge in [-0.3, -0.25) is 14.5 Å². The molecule has 1 aromatic heterocycles. The summed E-state index contributed by atoms with van der Waals surface area (Å²) >= 11 is 0. The van der Waals surface area contributed by atoms with E-state index in [0.717, 1.165) is 16.3 Å². The van der Waals surface area contributed by atoms with E-state index in [1.807, 2.05) is 43.4 Å². The Balaban J connectivity index is 1.44. The third-order valence-electron chi connectivity index (χ3n) is 5.21. The number of aromatic nitrogens is 2. The molecule has 1 saturated heterocycles. The molecule has 4 rings (SSSR count). The lowest BCUT2D eigenvalue weighted by Crippen LogP contribution is -2.36. The van der Waals surface area contributed by atoms with Crippen LogP contribution in [0.4, 0.5) is 0 Å². The van der Waals surface area contributed by atoms with Gasteiger partial charge in [-0.05, 0) is 30.3 Å². The minimum atomic E-state index is -0.978. The molecule has 0 aliphatic carbocycles. The topological polar surface area (TPSA) is 109 Å². The molecule has 8 heteroatoms. The molecule has 3 aromatic rings. The third kappa shape index (κ3) is 4.27. The Labute approximate surface area is 167 Å². The molecule has 0 bridgehead atoms. The number of nitrogens with one attached hydrogen (secondary N) is 1. The van der Waals surface area contributed by atoms with Crippen molar-refractivity contribution in [3.05, 3.63) is 48.4 Å². The average molecular weight is 394 g/mol. The minimum Gasteiger partial charge on any atom is -0.481 e. The molecule has 1 amide bonds. The van der Waals surface area contributed by atoms with E-state index in [1.54, 1.807) is 0 Å². The van der Waals surface area contributed by atoms with Crippen molar-refractivity contribution >= 4 is 22.6 Å². The molecule has 0 spiro atoms. The van der Waals surface area contributed by atoms with Gasteiger partial charge in [-0.15, -0.1) is 0 Å². The Morgan fingerprint density at radius 2 is 2.00 bits per heavy atom. The molecule has 2 aromatic carbocycles. The van der Waals surface area contributed by atoms with Crippen LogP contribution >= 0.6 is 0 Å². The first kappa shape index (κ1) is 19.1. The number of aliphatic carboxylic acids is 1. The number of likely N-dealkylation sites (tertiary alicyclic amines) is 1. The quantitative estimate of drug-likeness (QED) is 0.661. The highest BCUT2D eigenvalue weighted by molar-refractivity contribution is 5.86. The summed E-state index contributed by atoms with van der Waals surface area (Å²) in [7, 11) is 1.94. The maximum absolute atomic E-state index is 11.9. The second kappa shape index (κ2) is 8.00. The van der Waals surface area contributed by atoms with Crippen molar-refractivity contribution in [1.82, 2.24) is 20.4 Å². The fourth-order valence-electron chi connectivity index (χ4n) is 3.73. The molecule has 2 atom stereocenters. The fourth-order valence-corrected chi connectivity index (χ4v) is 3.73. The van der Waals surface area contributed by atoms with Crippen LogP contribution in [0.5, 0.6) is 0 Å². The maximum Gasteiger partial charge on any atom is 0.303 e. The molecule has 1 fully saturated rings. The minimum absolute atomic E-state index is 0.0209. The van der Waals surface area contributed by atoms with E-state index in [-0.39, 0.29) is 30.8 Å². The lowest BCUT2D eigenvalue weighted by atomic mass is 10.1. The summed E-state index contributed by atoms with van der Waals surface area (Å²) in [5, 5.41) is 18.0. The summed E-state index contributed by atoms with van der Waals surface area (Å²) in [6.07, 6.45) is 0.443. The van der Waals surface area contributed by atoms with Crippen molar-refractivity contribution in [3.63, 3.8) is 0 Å². The molecule has 150 valence electrons. The second-order valence-corrected chi connectivity index (χ2v) is 7.37. The van der Waals surface area contributed by atoms with Gasteiger partial charge in [0, 0.05) is 24.6 Å². The van der Waals surface area contributed by atoms with Gasteiger partial charge in [-0.2, -0.15) is 4.98 Å². The second-order valence-electron chi connectivity index (χ2n) is 7.37. The molecule has 0 saturated carbocycles. The highest BCUT2D eigenvalue weighted by Gasteiger charge is 2.35. The van der Waals surface area contributed by atoms with Gasteiger partial charge in [0.1, 0.15) is 0 Å². The zero-order chi connectivity index (χ0) is 20.4. The van der Waals surface area contributed by atoms with Crippen molar-refractivity contribution in [1.29, 1.82) is 0 Å². The number of carbonyl (C=O) groups is 2. The first-order chi connectivity index (χ1) is 14.0. The van der Waals surface area contributed by atoms with E-state index in [9.17, 15) is 9.59 Å². The Hall–Kier alpha value is -3.26. The Morgan fingerprint density at radius 3 is 2.79 bits per heavy atom. The van der Waals surface area contributed by atoms with E-state index in [4.69, 9.17) is 9.63 Å². The average Bonchev–Trinajstić information content (AvgIpc) is 3.32. The Bertz CT molecular complexity index is 1050. The number of amides is 1. The molecule has 29 heavy (non-hydrogen) atoms. The van der Waals surface area contributed by atoms with Crippen LogP contribution in [0.3, 0.4) is 0 Å². The highest BCUT2D eigenvalue weighted by atomic mass is 16.5. The summed E-state index contributed by atoms with van der Waals surface area (Å²) < 4.78 is 5.52. The van der Waals surface area contributed by atoms with E-state index < -0.39 is 5.97 Å². The summed E-state index contributed by atoms with van der Waals surface area (Å²) in [5.41, 5.74) is 0.887. The summed E-state index contributed by atoms with van der Waals surface area (Å²) in [6, 6.07) is 14.0. The van der Waals surface area contributed by atoms with Gasteiger partial charge in [-0.1, -0.05) is 41.6 Å². The lowest BCUT2D eigenvalue weighted by molar-refractivity contribution is -0.138. The van der Waals surface area contributed by atoms with Gasteiger partial charge in [-0.25, -0.2) is 0 Å². The Kier molecular flexibility index (Phi) is 5.26. The van der Waals surface area contributed by atoms with E-state index in [0.29, 0.717) is 24.7 Å². The van der Waals surface area contributed by atoms with Crippen LogP contribution in [0.2, 0.25) is 0 Å². The van der Waals surface area contributed by atoms with E-state index >= 15 is 0 Å². The molecule has 8 nitrogen and oxygen atoms in total. The molecule has 1 aliphatic rings. The van der Waals surface area contributed by atoms with Crippen molar-refractivity contribution in [3.8, 4) is 11.4 Å². The highest BCUT2D eigenvalue weighted by Crippen LogP contribution is 2.31. The number of carboxylic acids is 1. The largest absolute Gasteiger partial charge is 0.481 e. The number of carbonyl (C=O) groups excluding carboxylic acids is 1. The molecule has 2 N–H and O–H groups in total. The first-order valence-electron chi connectivity index (χ1n) is 9.54. The predicted molar refractivity (Wildman–Crippen MR) is 106 cm³/mol. The summed E-state index contributed by atoms with van der Waals surface area (Å²) in [4.78, 5) is 29.1. The van der Waals surface area contributed by atoms with E-state index in [1.165, 1.54) is 0 Å². The molecular weight excluding hydrogens is 372 g/mol. The normalized spacial score (nSPS) is 19.5. The first-order valence-corrected chi connectivity index (χ1v) is 9.54. The molecule has 2 heterocycles. The zero-order valence-electron chi connectivity index (χ0n) is 16.0. The van der Waals surface area contributed by atoms with Crippen molar-refractivity contribution in [2.75, 3.05) is 13.6 Å². The van der Waals surface area contributed by atoms with Gasteiger partial charge in [0.15, 0.2) is 0 Å². The van der Waals surface area contributed by atoms with Gasteiger partial charge in [0.05, 0.1) is 12.5 Å². The van der Waals surface area contributed by atoms with Crippen LogP contribution in [0.1, 0.15) is 31.2 Å². The van der Waals surface area contributed by atoms with Crippen LogP contribution in [0.15, 0.2) is 47.0 Å². The van der Waals surface area contributed by atoms with Crippen molar-refractivity contribution < 1.29 is 19.2 Å². The summed E-state index contributed by atoms with van der Waals surface area (Å²) in [6.45, 7) is 0.636. The molecule has 0 radical (unpaired) electrons. The third-order valence-corrected chi connectivity index (χ3v) is 5.21. The molecule has 1 aliphatic heterocycles. The number of hydrogen-bond donors (Lipinski definition) is 2. The predicted octanol–water partition coefficient (Wildman–Crippen LogP) is 2.62. The summed E-state index contributed by atoms with van der Waals surface area (Å²) in [5.74, 6) is -0.187. The van der Waals surface area contributed by atoms with Crippen LogP contribution in [0.25, 0.3) is 22.2 Å². The number of hydrogen-bond acceptors (Lipinski definition) is 6. The SMILES string of the molecule is CN1CC(NC(=O)CCC(=O)O)CC1c1nc(-c2ccc3ccccc3c2)no1. The van der Waals surface area contributed by atoms with Crippen LogP contribution in [0, 0.1) is 0 Å². The van der Waals surface area contributed by atoms with Gasteiger partial charge >= 0.3 is 5.97 Å². The number of benzene rings is 2. The number of likely N-dealkylation sites (N-methyl/N-ethyl adjacent to an activating group) is 1. The van der Waals surface area contributed by atoms with Crippen LogP contribution in [-0.2, 0) is 9.59 Å². The monoisotopic (exact) mass is 394 g/mol. The Morgan fingerprint density at radius 1 is 1.21 bits per heavy atom. The van der Waals surface area contributed by atoms with Gasteiger partial charge in [0.2, 0.25) is 17.6 Å². The van der Waals surface area contributed by atoms with Crippen LogP contribution < -0.4 is 5.32 Å². The van der Waals surface area contributed by atoms with Gasteiger partial charge < -0.3 is 14.9 Å². The van der Waals surface area contributed by atoms with Crippen molar-refractivity contribution in [2.24, 2.45) is 0 Å². The standard InChI is InChI=1S/C21H22N4O4/c1-25-12-16(22-18(26)8-9-19(27)28)11-17(25)21-23-20(24-29-21)15-7-6-13-4-2-3-5-14(13)10-15/h2-7,10,16-17H,8-9,11-12H2,1H3,(H,22,26)(H,27,28). The van der Waals surface area contributed by atoms with Crippen molar-refractivity contribution in [2.45, 2.75) is 31.3 Å². The van der Waals surface area contributed by atoms with E-state index in [2.05, 4.69) is 26.4 Å². The number of nitrogens with zero attached hydrogens (tertiary/aromatic N) is 3. The number of carboxylic acid groups (broad SMARTS) is 1. The lowest BCUT2D eigenvalue weighted by Gasteiger charge is -2.14. The number of rotatable bonds is 6. The molecular formula is C21H22N4O4. The zero-order valence-corrected chi connectivity index (χ0v) is 16.0.